The van der Waals surface area contributed by atoms with E-state index in [0.29, 0.717) is 5.92 Å². The number of hydrogen-bond acceptors (Lipinski definition) is 2. The Balaban J connectivity index is 2.23. The number of carboxylic acid groups (broad SMARTS) is 1. The summed E-state index contributed by atoms with van der Waals surface area (Å²) in [6, 6.07) is 9.26. The van der Waals surface area contributed by atoms with E-state index in [9.17, 15) is 9.90 Å². The molecule has 3 heteroatoms. The monoisotopic (exact) mass is 247 g/mol. The van der Waals surface area contributed by atoms with Crippen LogP contribution >= 0.6 is 0 Å². The molecule has 1 aromatic carbocycles. The number of carboxylic acids is 1. The van der Waals surface area contributed by atoms with Crippen molar-refractivity contribution in [1.82, 2.24) is 4.90 Å². The Bertz CT molecular complexity index is 398. The summed E-state index contributed by atoms with van der Waals surface area (Å²) in [5.41, 5.74) is 0.874. The normalized spacial score (nSPS) is 17.1. The van der Waals surface area contributed by atoms with Gasteiger partial charge < -0.3 is 5.11 Å². The number of carbonyl (C=O) groups is 1. The first kappa shape index (κ1) is 13.1. The maximum atomic E-state index is 11.6. The molecule has 1 unspecified atom stereocenters. The summed E-state index contributed by atoms with van der Waals surface area (Å²) >= 11 is 0. The van der Waals surface area contributed by atoms with Gasteiger partial charge in [0, 0.05) is 12.6 Å². The van der Waals surface area contributed by atoms with Crippen molar-refractivity contribution in [2.45, 2.75) is 38.8 Å². The van der Waals surface area contributed by atoms with Crippen LogP contribution in [0.1, 0.15) is 38.3 Å². The Hall–Kier alpha value is -1.35. The number of aliphatic carboxylic acids is 1. The standard InChI is InChI=1S/C15H21NO2/c1-11(2)16(10-12-8-9-12)14(15(17)18)13-6-4-3-5-7-13/h3-7,11-12,14H,8-10H2,1-2H3,(H,17,18). The van der Waals surface area contributed by atoms with E-state index in [2.05, 4.69) is 18.7 Å². The zero-order valence-electron chi connectivity index (χ0n) is 11.0. The fourth-order valence-corrected chi connectivity index (χ4v) is 2.32. The molecule has 1 atom stereocenters. The second-order valence-corrected chi connectivity index (χ2v) is 5.39. The van der Waals surface area contributed by atoms with Gasteiger partial charge in [0.05, 0.1) is 0 Å². The third-order valence-electron chi connectivity index (χ3n) is 3.51. The molecule has 1 N–H and O–H groups in total. The van der Waals surface area contributed by atoms with Gasteiger partial charge >= 0.3 is 5.97 Å². The highest BCUT2D eigenvalue weighted by molar-refractivity contribution is 5.75. The van der Waals surface area contributed by atoms with Crippen LogP contribution in [0, 0.1) is 5.92 Å². The first-order valence-corrected chi connectivity index (χ1v) is 6.63. The SMILES string of the molecule is CC(C)N(CC1CC1)C(C(=O)O)c1ccccc1. The highest BCUT2D eigenvalue weighted by Gasteiger charge is 2.33. The molecule has 1 aromatic rings. The lowest BCUT2D eigenvalue weighted by molar-refractivity contribution is -0.144. The minimum absolute atomic E-state index is 0.243. The molecule has 0 saturated heterocycles. The molecule has 98 valence electrons. The minimum Gasteiger partial charge on any atom is -0.480 e. The van der Waals surface area contributed by atoms with E-state index in [1.54, 1.807) is 0 Å². The van der Waals surface area contributed by atoms with Crippen LogP contribution in [0.15, 0.2) is 30.3 Å². The lowest BCUT2D eigenvalue weighted by Crippen LogP contribution is -2.40. The molecule has 0 aromatic heterocycles. The van der Waals surface area contributed by atoms with Crippen LogP contribution in [0.2, 0.25) is 0 Å². The third kappa shape index (κ3) is 3.10. The molecular formula is C15H21NO2. The lowest BCUT2D eigenvalue weighted by atomic mass is 10.0. The maximum absolute atomic E-state index is 11.6. The molecule has 1 aliphatic carbocycles. The Morgan fingerprint density at radius 3 is 2.39 bits per heavy atom. The second kappa shape index (κ2) is 5.53. The predicted molar refractivity (Wildman–Crippen MR) is 71.4 cm³/mol. The summed E-state index contributed by atoms with van der Waals surface area (Å²) < 4.78 is 0. The molecule has 1 aliphatic rings. The lowest BCUT2D eigenvalue weighted by Gasteiger charge is -2.32. The molecule has 0 aliphatic heterocycles. The average molecular weight is 247 g/mol. The zero-order chi connectivity index (χ0) is 13.1. The van der Waals surface area contributed by atoms with Crippen LogP contribution in [0.3, 0.4) is 0 Å². The Kier molecular flexibility index (Phi) is 4.02. The largest absolute Gasteiger partial charge is 0.480 e. The molecule has 0 heterocycles. The third-order valence-corrected chi connectivity index (χ3v) is 3.51. The zero-order valence-corrected chi connectivity index (χ0v) is 11.0. The van der Waals surface area contributed by atoms with Crippen LogP contribution in [-0.2, 0) is 4.79 Å². The molecule has 3 nitrogen and oxygen atoms in total. The van der Waals surface area contributed by atoms with E-state index < -0.39 is 12.0 Å². The Morgan fingerprint density at radius 2 is 1.94 bits per heavy atom. The molecule has 0 amide bonds. The first-order chi connectivity index (χ1) is 8.59. The average Bonchev–Trinajstić information content (AvgIpc) is 3.13. The highest BCUT2D eigenvalue weighted by Crippen LogP contribution is 2.34. The second-order valence-electron chi connectivity index (χ2n) is 5.39. The van der Waals surface area contributed by atoms with Crippen molar-refractivity contribution >= 4 is 5.97 Å². The molecule has 0 bridgehead atoms. The van der Waals surface area contributed by atoms with Gasteiger partial charge in [0.15, 0.2) is 0 Å². The summed E-state index contributed by atoms with van der Waals surface area (Å²) in [7, 11) is 0. The summed E-state index contributed by atoms with van der Waals surface area (Å²) in [5, 5.41) is 9.54. The van der Waals surface area contributed by atoms with Gasteiger partial charge in [-0.3, -0.25) is 9.69 Å². The molecule has 2 rings (SSSR count). The van der Waals surface area contributed by atoms with Crippen molar-refractivity contribution in [3.05, 3.63) is 35.9 Å². The van der Waals surface area contributed by atoms with E-state index in [0.717, 1.165) is 12.1 Å². The van der Waals surface area contributed by atoms with Crippen LogP contribution in [0.25, 0.3) is 0 Å². The van der Waals surface area contributed by atoms with Crippen LogP contribution in [0.4, 0.5) is 0 Å². The van der Waals surface area contributed by atoms with Gasteiger partial charge in [0.1, 0.15) is 6.04 Å². The van der Waals surface area contributed by atoms with Crippen LogP contribution in [0.5, 0.6) is 0 Å². The fraction of sp³-hybridized carbons (Fsp3) is 0.533. The molecular weight excluding hydrogens is 226 g/mol. The van der Waals surface area contributed by atoms with Crippen molar-refractivity contribution in [2.75, 3.05) is 6.54 Å². The van der Waals surface area contributed by atoms with Gasteiger partial charge in [-0.25, -0.2) is 0 Å². The summed E-state index contributed by atoms with van der Waals surface area (Å²) in [5.74, 6) is -0.0616. The van der Waals surface area contributed by atoms with Gasteiger partial charge in [-0.1, -0.05) is 30.3 Å². The fourth-order valence-electron chi connectivity index (χ4n) is 2.32. The van der Waals surface area contributed by atoms with E-state index >= 15 is 0 Å². The Labute approximate surface area is 108 Å². The summed E-state index contributed by atoms with van der Waals surface area (Å²) in [6.07, 6.45) is 2.48. The highest BCUT2D eigenvalue weighted by atomic mass is 16.4. The number of rotatable bonds is 6. The van der Waals surface area contributed by atoms with Gasteiger partial charge in [0.2, 0.25) is 0 Å². The smallest absolute Gasteiger partial charge is 0.325 e. The number of benzene rings is 1. The topological polar surface area (TPSA) is 40.5 Å². The van der Waals surface area contributed by atoms with E-state index in [-0.39, 0.29) is 6.04 Å². The van der Waals surface area contributed by atoms with Crippen molar-refractivity contribution in [3.8, 4) is 0 Å². The van der Waals surface area contributed by atoms with Gasteiger partial charge in [-0.05, 0) is 38.2 Å². The van der Waals surface area contributed by atoms with Gasteiger partial charge in [-0.2, -0.15) is 0 Å². The number of hydrogen-bond donors (Lipinski definition) is 1. The van der Waals surface area contributed by atoms with Gasteiger partial charge in [-0.15, -0.1) is 0 Å². The molecule has 1 saturated carbocycles. The van der Waals surface area contributed by atoms with E-state index in [1.165, 1.54) is 12.8 Å². The van der Waals surface area contributed by atoms with E-state index in [4.69, 9.17) is 0 Å². The van der Waals surface area contributed by atoms with Crippen LogP contribution in [-0.4, -0.2) is 28.6 Å². The summed E-state index contributed by atoms with van der Waals surface area (Å²) in [6.45, 7) is 5.03. The van der Waals surface area contributed by atoms with Gasteiger partial charge in [0.25, 0.3) is 0 Å². The van der Waals surface area contributed by atoms with Crippen LogP contribution < -0.4 is 0 Å². The molecule has 1 fully saturated rings. The van der Waals surface area contributed by atoms with E-state index in [1.807, 2.05) is 30.3 Å². The molecule has 0 spiro atoms. The molecule has 0 radical (unpaired) electrons. The van der Waals surface area contributed by atoms with Crippen molar-refractivity contribution < 1.29 is 9.90 Å². The predicted octanol–water partition coefficient (Wildman–Crippen LogP) is 2.93. The first-order valence-electron chi connectivity index (χ1n) is 6.63. The quantitative estimate of drug-likeness (QED) is 0.840. The molecule has 18 heavy (non-hydrogen) atoms. The van der Waals surface area contributed by atoms with Crippen molar-refractivity contribution in [2.24, 2.45) is 5.92 Å². The number of nitrogens with zero attached hydrogens (tertiary/aromatic N) is 1. The van der Waals surface area contributed by atoms with Crippen molar-refractivity contribution in [1.29, 1.82) is 0 Å². The summed E-state index contributed by atoms with van der Waals surface area (Å²) in [4.78, 5) is 13.7. The maximum Gasteiger partial charge on any atom is 0.325 e. The van der Waals surface area contributed by atoms with Crippen molar-refractivity contribution in [3.63, 3.8) is 0 Å². The minimum atomic E-state index is -0.754. The Morgan fingerprint density at radius 1 is 1.33 bits per heavy atom.